The molecule has 1 aromatic heterocycles. The largest absolute Gasteiger partial charge is 0.382 e. The third-order valence-corrected chi connectivity index (χ3v) is 2.88. The van der Waals surface area contributed by atoms with Crippen molar-refractivity contribution >= 4 is 17.4 Å². The Kier molecular flexibility index (Phi) is 3.54. The van der Waals surface area contributed by atoms with E-state index in [0.717, 1.165) is 24.2 Å². The first-order chi connectivity index (χ1) is 8.67. The maximum absolute atomic E-state index is 9.13. The summed E-state index contributed by atoms with van der Waals surface area (Å²) in [4.78, 5) is 0. The van der Waals surface area contributed by atoms with Crippen LogP contribution < -0.4 is 5.73 Å². The molecule has 0 saturated carbocycles. The molecule has 2 N–H and O–H groups in total. The van der Waals surface area contributed by atoms with E-state index >= 15 is 0 Å². The summed E-state index contributed by atoms with van der Waals surface area (Å²) in [6.45, 7) is 2.04. The van der Waals surface area contributed by atoms with E-state index < -0.39 is 0 Å². The monoisotopic (exact) mass is 260 g/mol. The Morgan fingerprint density at radius 3 is 2.89 bits per heavy atom. The Bertz CT molecular complexity index is 610. The van der Waals surface area contributed by atoms with E-state index in [1.54, 1.807) is 16.8 Å². The second-order valence-electron chi connectivity index (χ2n) is 3.96. The van der Waals surface area contributed by atoms with Gasteiger partial charge in [0, 0.05) is 5.02 Å². The maximum atomic E-state index is 9.13. The van der Waals surface area contributed by atoms with Crippen molar-refractivity contribution in [3.63, 3.8) is 0 Å². The van der Waals surface area contributed by atoms with E-state index in [0.29, 0.717) is 16.4 Å². The van der Waals surface area contributed by atoms with Gasteiger partial charge in [0.05, 0.1) is 11.4 Å². The van der Waals surface area contributed by atoms with Crippen LogP contribution in [0.15, 0.2) is 24.3 Å². The van der Waals surface area contributed by atoms with Crippen LogP contribution in [0.3, 0.4) is 0 Å². The van der Waals surface area contributed by atoms with Crippen molar-refractivity contribution < 1.29 is 0 Å². The van der Waals surface area contributed by atoms with Gasteiger partial charge in [-0.05, 0) is 24.6 Å². The van der Waals surface area contributed by atoms with E-state index in [9.17, 15) is 0 Å². The third kappa shape index (κ3) is 2.18. The van der Waals surface area contributed by atoms with Gasteiger partial charge in [0.25, 0.3) is 0 Å². The Morgan fingerprint density at radius 2 is 2.28 bits per heavy atom. The Labute approximate surface area is 111 Å². The number of nitrogens with two attached hydrogens (primary N) is 1. The van der Waals surface area contributed by atoms with Crippen LogP contribution in [-0.2, 0) is 6.42 Å². The number of nitrogen functional groups attached to an aromatic ring is 1. The minimum atomic E-state index is 0.364. The highest BCUT2D eigenvalue weighted by Crippen LogP contribution is 2.23. The molecule has 0 saturated heterocycles. The van der Waals surface area contributed by atoms with Crippen LogP contribution in [0.4, 0.5) is 5.82 Å². The molecule has 4 nitrogen and oxygen atoms in total. The predicted octanol–water partition coefficient (Wildman–Crippen LogP) is 2.93. The van der Waals surface area contributed by atoms with E-state index in [4.69, 9.17) is 22.6 Å². The van der Waals surface area contributed by atoms with Crippen molar-refractivity contribution in [3.8, 4) is 11.8 Å². The van der Waals surface area contributed by atoms with Gasteiger partial charge in [-0.15, -0.1) is 0 Å². The highest BCUT2D eigenvalue weighted by Gasteiger charge is 2.15. The lowest BCUT2D eigenvalue weighted by atomic mass is 10.2. The van der Waals surface area contributed by atoms with Gasteiger partial charge in [0.15, 0.2) is 0 Å². The van der Waals surface area contributed by atoms with Crippen molar-refractivity contribution in [1.82, 2.24) is 9.78 Å². The highest BCUT2D eigenvalue weighted by atomic mass is 35.5. The summed E-state index contributed by atoms with van der Waals surface area (Å²) in [5.41, 5.74) is 7.91. The summed E-state index contributed by atoms with van der Waals surface area (Å²) in [5, 5.41) is 14.1. The SMILES string of the molecule is CCCc1nn(-c2cccc(Cl)c2)c(N)c1C#N. The zero-order valence-corrected chi connectivity index (χ0v) is 10.8. The lowest BCUT2D eigenvalue weighted by molar-refractivity contribution is 0.810. The first-order valence-electron chi connectivity index (χ1n) is 5.70. The zero-order valence-electron chi connectivity index (χ0n) is 10.0. The molecule has 2 aromatic rings. The molecule has 0 bridgehead atoms. The molecule has 0 aliphatic rings. The molecule has 0 aliphatic carbocycles. The highest BCUT2D eigenvalue weighted by molar-refractivity contribution is 6.30. The van der Waals surface area contributed by atoms with Crippen molar-refractivity contribution in [3.05, 3.63) is 40.5 Å². The van der Waals surface area contributed by atoms with Crippen LogP contribution in [0.2, 0.25) is 5.02 Å². The fourth-order valence-corrected chi connectivity index (χ4v) is 2.00. The minimum Gasteiger partial charge on any atom is -0.382 e. The van der Waals surface area contributed by atoms with Gasteiger partial charge in [-0.2, -0.15) is 10.4 Å². The molecule has 2 rings (SSSR count). The Morgan fingerprint density at radius 1 is 1.50 bits per heavy atom. The number of nitrogens with zero attached hydrogens (tertiary/aromatic N) is 3. The van der Waals surface area contributed by atoms with Gasteiger partial charge in [0.2, 0.25) is 0 Å². The van der Waals surface area contributed by atoms with E-state index in [2.05, 4.69) is 11.2 Å². The number of hydrogen-bond donors (Lipinski definition) is 1. The third-order valence-electron chi connectivity index (χ3n) is 2.64. The summed E-state index contributed by atoms with van der Waals surface area (Å²) in [7, 11) is 0. The topological polar surface area (TPSA) is 67.6 Å². The van der Waals surface area contributed by atoms with Gasteiger partial charge in [-0.3, -0.25) is 0 Å². The average molecular weight is 261 g/mol. The number of hydrogen-bond acceptors (Lipinski definition) is 3. The number of aryl methyl sites for hydroxylation is 1. The van der Waals surface area contributed by atoms with Gasteiger partial charge in [-0.1, -0.05) is 31.0 Å². The number of benzene rings is 1. The molecule has 92 valence electrons. The Hall–Kier alpha value is -1.99. The molecule has 0 aliphatic heterocycles. The second kappa shape index (κ2) is 5.11. The predicted molar refractivity (Wildman–Crippen MR) is 71.7 cm³/mol. The van der Waals surface area contributed by atoms with Crippen LogP contribution >= 0.6 is 11.6 Å². The number of nitriles is 1. The lowest BCUT2D eigenvalue weighted by Gasteiger charge is -2.03. The van der Waals surface area contributed by atoms with Gasteiger partial charge >= 0.3 is 0 Å². The molecular weight excluding hydrogens is 248 g/mol. The zero-order chi connectivity index (χ0) is 13.1. The molecule has 0 radical (unpaired) electrons. The van der Waals surface area contributed by atoms with Crippen molar-refractivity contribution in [2.75, 3.05) is 5.73 Å². The summed E-state index contributed by atoms with van der Waals surface area (Å²) >= 11 is 5.94. The fraction of sp³-hybridized carbons (Fsp3) is 0.231. The van der Waals surface area contributed by atoms with Gasteiger partial charge in [-0.25, -0.2) is 4.68 Å². The molecule has 0 unspecified atom stereocenters. The number of rotatable bonds is 3. The summed E-state index contributed by atoms with van der Waals surface area (Å²) in [5.74, 6) is 0.364. The fourth-order valence-electron chi connectivity index (χ4n) is 1.82. The van der Waals surface area contributed by atoms with Crippen LogP contribution in [-0.4, -0.2) is 9.78 Å². The maximum Gasteiger partial charge on any atom is 0.145 e. The van der Waals surface area contributed by atoms with Crippen LogP contribution in [0.25, 0.3) is 5.69 Å². The second-order valence-corrected chi connectivity index (χ2v) is 4.40. The van der Waals surface area contributed by atoms with Crippen molar-refractivity contribution in [2.24, 2.45) is 0 Å². The normalized spacial score (nSPS) is 10.3. The molecule has 18 heavy (non-hydrogen) atoms. The summed E-state index contributed by atoms with van der Waals surface area (Å²) in [6, 6.07) is 9.34. The molecule has 1 aromatic carbocycles. The quantitative estimate of drug-likeness (QED) is 0.923. The van der Waals surface area contributed by atoms with E-state index in [1.165, 1.54) is 0 Å². The first kappa shape index (κ1) is 12.5. The van der Waals surface area contributed by atoms with Gasteiger partial charge < -0.3 is 5.73 Å². The number of aromatic nitrogens is 2. The number of anilines is 1. The molecule has 0 amide bonds. The standard InChI is InChI=1S/C13H13ClN4/c1-2-4-12-11(8-15)13(16)18(17-12)10-6-3-5-9(14)7-10/h3,5-7H,2,4,16H2,1H3. The molecule has 0 spiro atoms. The average Bonchev–Trinajstić information content (AvgIpc) is 2.66. The van der Waals surface area contributed by atoms with E-state index in [1.807, 2.05) is 19.1 Å². The lowest BCUT2D eigenvalue weighted by Crippen LogP contribution is -2.02. The van der Waals surface area contributed by atoms with Gasteiger partial charge in [0.1, 0.15) is 17.5 Å². The molecular formula is C13H13ClN4. The Balaban J connectivity index is 2.56. The van der Waals surface area contributed by atoms with Crippen LogP contribution in [0, 0.1) is 11.3 Å². The minimum absolute atomic E-state index is 0.364. The van der Waals surface area contributed by atoms with Crippen molar-refractivity contribution in [1.29, 1.82) is 5.26 Å². The molecule has 1 heterocycles. The van der Waals surface area contributed by atoms with Crippen LogP contribution in [0.1, 0.15) is 24.6 Å². The molecule has 0 fully saturated rings. The number of halogens is 1. The van der Waals surface area contributed by atoms with Crippen LogP contribution in [0.5, 0.6) is 0 Å². The van der Waals surface area contributed by atoms with Crippen molar-refractivity contribution in [2.45, 2.75) is 19.8 Å². The molecule has 0 atom stereocenters. The first-order valence-corrected chi connectivity index (χ1v) is 6.08. The summed E-state index contributed by atoms with van der Waals surface area (Å²) in [6.07, 6.45) is 1.65. The smallest absolute Gasteiger partial charge is 0.145 e. The summed E-state index contributed by atoms with van der Waals surface area (Å²) < 4.78 is 1.56. The molecule has 5 heteroatoms. The van der Waals surface area contributed by atoms with E-state index in [-0.39, 0.29) is 0 Å².